The lowest BCUT2D eigenvalue weighted by molar-refractivity contribution is -0.137. The van der Waals surface area contributed by atoms with Crippen molar-refractivity contribution in [3.8, 4) is 5.75 Å². The average Bonchev–Trinajstić information content (AvgIpc) is 3.50. The molecule has 1 saturated carbocycles. The molecule has 0 aliphatic heterocycles. The Balaban J connectivity index is 1.47. The predicted molar refractivity (Wildman–Crippen MR) is 97.9 cm³/mol. The molecule has 2 N–H and O–H groups in total. The topological polar surface area (TPSA) is 58.6 Å². The molecule has 0 heterocycles. The summed E-state index contributed by atoms with van der Waals surface area (Å²) in [6.45, 7) is -0.124. The van der Waals surface area contributed by atoms with Crippen molar-refractivity contribution < 1.29 is 27.8 Å². The molecule has 1 aliphatic carbocycles. The molecule has 150 valence electrons. The maximum absolute atomic E-state index is 12.6. The fraction of sp³-hybridized carbons (Fsp3) is 0.381. The summed E-state index contributed by atoms with van der Waals surface area (Å²) in [7, 11) is 0. The maximum atomic E-state index is 12.6. The number of alkyl halides is 3. The largest absolute Gasteiger partial charge is 0.491 e. The van der Waals surface area contributed by atoms with Crippen LogP contribution in [0.5, 0.6) is 5.75 Å². The van der Waals surface area contributed by atoms with Crippen LogP contribution in [0.15, 0.2) is 54.6 Å². The van der Waals surface area contributed by atoms with Crippen molar-refractivity contribution in [2.45, 2.75) is 31.0 Å². The number of ether oxygens (including phenoxy) is 1. The summed E-state index contributed by atoms with van der Waals surface area (Å²) in [5.41, 5.74) is 0.192. The molecule has 1 aliphatic rings. The molecule has 7 heteroatoms. The minimum atomic E-state index is -4.40. The first-order chi connectivity index (χ1) is 13.3. The Labute approximate surface area is 161 Å². The first-order valence-electron chi connectivity index (χ1n) is 9.15. The van der Waals surface area contributed by atoms with Gasteiger partial charge in [0.15, 0.2) is 0 Å². The molecule has 2 atom stereocenters. The number of aliphatic hydroxyl groups excluding tert-OH is 1. The maximum Gasteiger partial charge on any atom is 0.416 e. The van der Waals surface area contributed by atoms with Crippen LogP contribution in [0.4, 0.5) is 13.2 Å². The average molecular weight is 393 g/mol. The number of hydrogen-bond donors (Lipinski definition) is 2. The normalized spacial score (nSPS) is 16.3. The van der Waals surface area contributed by atoms with Crippen molar-refractivity contribution >= 4 is 5.91 Å². The molecule has 0 aromatic heterocycles. The third kappa shape index (κ3) is 5.48. The quantitative estimate of drug-likeness (QED) is 0.718. The molecule has 2 aromatic rings. The minimum absolute atomic E-state index is 0.00945. The highest BCUT2D eigenvalue weighted by atomic mass is 19.4. The highest BCUT2D eigenvalue weighted by Gasteiger charge is 2.37. The minimum Gasteiger partial charge on any atom is -0.491 e. The Hall–Kier alpha value is -2.54. The van der Waals surface area contributed by atoms with Gasteiger partial charge in [0.05, 0.1) is 11.5 Å². The molecule has 0 saturated heterocycles. The van der Waals surface area contributed by atoms with Crippen molar-refractivity contribution in [1.82, 2.24) is 5.32 Å². The van der Waals surface area contributed by atoms with E-state index in [1.807, 2.05) is 30.3 Å². The molecule has 1 fully saturated rings. The van der Waals surface area contributed by atoms with E-state index in [9.17, 15) is 23.1 Å². The van der Waals surface area contributed by atoms with Gasteiger partial charge in [0.1, 0.15) is 18.5 Å². The fourth-order valence-electron chi connectivity index (χ4n) is 3.05. The lowest BCUT2D eigenvalue weighted by atomic mass is 9.93. The molecule has 0 radical (unpaired) electrons. The second-order valence-corrected chi connectivity index (χ2v) is 6.96. The van der Waals surface area contributed by atoms with Crippen molar-refractivity contribution in [3.63, 3.8) is 0 Å². The molecule has 0 bridgehead atoms. The van der Waals surface area contributed by atoms with E-state index < -0.39 is 17.8 Å². The smallest absolute Gasteiger partial charge is 0.416 e. The number of carbonyl (C=O) groups is 1. The lowest BCUT2D eigenvalue weighted by Crippen LogP contribution is -2.38. The van der Waals surface area contributed by atoms with Crippen LogP contribution in [0.3, 0.4) is 0 Å². The number of rotatable bonds is 8. The van der Waals surface area contributed by atoms with Gasteiger partial charge in [0.25, 0.3) is 0 Å². The first kappa shape index (κ1) is 20.2. The molecule has 2 aromatic carbocycles. The predicted octanol–water partition coefficient (Wildman–Crippen LogP) is 3.76. The van der Waals surface area contributed by atoms with E-state index in [4.69, 9.17) is 4.74 Å². The fourth-order valence-corrected chi connectivity index (χ4v) is 3.05. The zero-order chi connectivity index (χ0) is 20.1. The Morgan fingerprint density at radius 1 is 1.11 bits per heavy atom. The number of nitrogens with one attached hydrogen (secondary N) is 1. The van der Waals surface area contributed by atoms with Crippen molar-refractivity contribution in [1.29, 1.82) is 0 Å². The van der Waals surface area contributed by atoms with Gasteiger partial charge in [-0.15, -0.1) is 0 Å². The van der Waals surface area contributed by atoms with Crippen molar-refractivity contribution in [2.75, 3.05) is 13.2 Å². The second kappa shape index (κ2) is 8.65. The summed E-state index contributed by atoms with van der Waals surface area (Å²) in [6, 6.07) is 13.8. The van der Waals surface area contributed by atoms with Gasteiger partial charge in [-0.2, -0.15) is 13.2 Å². The van der Waals surface area contributed by atoms with E-state index in [-0.39, 0.29) is 30.7 Å². The summed E-state index contributed by atoms with van der Waals surface area (Å²) in [5, 5.41) is 12.8. The van der Waals surface area contributed by atoms with Crippen LogP contribution < -0.4 is 10.1 Å². The number of aliphatic hydroxyl groups is 1. The molecule has 28 heavy (non-hydrogen) atoms. The van der Waals surface area contributed by atoms with Crippen molar-refractivity contribution in [3.05, 3.63) is 65.7 Å². The molecular formula is C21H22F3NO3. The van der Waals surface area contributed by atoms with Gasteiger partial charge in [-0.05, 0) is 48.6 Å². The molecule has 0 unspecified atom stereocenters. The molecule has 1 amide bonds. The highest BCUT2D eigenvalue weighted by Crippen LogP contribution is 2.42. The van der Waals surface area contributed by atoms with Crippen LogP contribution in [0.25, 0.3) is 0 Å². The van der Waals surface area contributed by atoms with Crippen LogP contribution in [0.1, 0.15) is 29.9 Å². The van der Waals surface area contributed by atoms with E-state index in [2.05, 4.69) is 5.32 Å². The van der Waals surface area contributed by atoms with Crippen molar-refractivity contribution in [2.24, 2.45) is 5.92 Å². The van der Waals surface area contributed by atoms with Crippen LogP contribution in [0.2, 0.25) is 0 Å². The summed E-state index contributed by atoms with van der Waals surface area (Å²) in [5.74, 6) is 0.174. The van der Waals surface area contributed by atoms with Gasteiger partial charge >= 0.3 is 6.18 Å². The number of carbonyl (C=O) groups excluding carboxylic acids is 1. The summed E-state index contributed by atoms with van der Waals surface area (Å²) < 4.78 is 42.9. The third-order valence-corrected chi connectivity index (χ3v) is 4.67. The van der Waals surface area contributed by atoms with E-state index in [0.29, 0.717) is 5.92 Å². The van der Waals surface area contributed by atoms with Crippen LogP contribution >= 0.6 is 0 Å². The first-order valence-corrected chi connectivity index (χ1v) is 9.15. The standard InChI is InChI=1S/C21H22F3NO3/c22-21(23,24)16-8-10-18(11-9-16)28-13-17(26)12-25-20(27)19(15-6-7-15)14-4-2-1-3-5-14/h1-5,8-11,15,17,19,26H,6-7,12-13H2,(H,25,27)/t17-,19-/m0/s1. The van der Waals surface area contributed by atoms with E-state index >= 15 is 0 Å². The number of amides is 1. The second-order valence-electron chi connectivity index (χ2n) is 6.96. The van der Waals surface area contributed by atoms with Gasteiger partial charge < -0.3 is 15.2 Å². The number of hydrogen-bond acceptors (Lipinski definition) is 3. The van der Waals surface area contributed by atoms with Gasteiger partial charge in [-0.25, -0.2) is 0 Å². The van der Waals surface area contributed by atoms with Gasteiger partial charge in [0.2, 0.25) is 5.91 Å². The number of halogens is 3. The summed E-state index contributed by atoms with van der Waals surface area (Å²) in [6.07, 6.45) is -3.36. The third-order valence-electron chi connectivity index (χ3n) is 4.67. The van der Waals surface area contributed by atoms with E-state index in [1.165, 1.54) is 12.1 Å². The summed E-state index contributed by atoms with van der Waals surface area (Å²) >= 11 is 0. The molecule has 3 rings (SSSR count). The highest BCUT2D eigenvalue weighted by molar-refractivity contribution is 5.84. The molecule has 0 spiro atoms. The van der Waals surface area contributed by atoms with Gasteiger partial charge in [0, 0.05) is 6.54 Å². The Bertz CT molecular complexity index is 774. The summed E-state index contributed by atoms with van der Waals surface area (Å²) in [4.78, 5) is 12.6. The lowest BCUT2D eigenvalue weighted by Gasteiger charge is -2.19. The van der Waals surface area contributed by atoms with Gasteiger partial charge in [-0.1, -0.05) is 30.3 Å². The van der Waals surface area contributed by atoms with Crippen LogP contribution in [0, 0.1) is 5.92 Å². The monoisotopic (exact) mass is 393 g/mol. The Kier molecular flexibility index (Phi) is 6.24. The zero-order valence-electron chi connectivity index (χ0n) is 15.2. The van der Waals surface area contributed by atoms with Crippen LogP contribution in [-0.4, -0.2) is 30.3 Å². The molecule has 4 nitrogen and oxygen atoms in total. The number of benzene rings is 2. The van der Waals surface area contributed by atoms with Gasteiger partial charge in [-0.3, -0.25) is 4.79 Å². The van der Waals surface area contributed by atoms with E-state index in [0.717, 1.165) is 30.5 Å². The van der Waals surface area contributed by atoms with E-state index in [1.54, 1.807) is 0 Å². The Morgan fingerprint density at radius 2 is 1.75 bits per heavy atom. The zero-order valence-corrected chi connectivity index (χ0v) is 15.2. The molecular weight excluding hydrogens is 371 g/mol. The van der Waals surface area contributed by atoms with Crippen LogP contribution in [-0.2, 0) is 11.0 Å². The Morgan fingerprint density at radius 3 is 2.32 bits per heavy atom. The SMILES string of the molecule is O=C(NC[C@H](O)COc1ccc(C(F)(F)F)cc1)[C@@H](c1ccccc1)C1CC1.